The van der Waals surface area contributed by atoms with E-state index in [1.54, 1.807) is 0 Å². The van der Waals surface area contributed by atoms with Gasteiger partial charge in [0.05, 0.1) is 4.47 Å². The van der Waals surface area contributed by atoms with E-state index >= 15 is 0 Å². The minimum Gasteiger partial charge on any atom is -0.183 e. The summed E-state index contributed by atoms with van der Waals surface area (Å²) in [5, 5.41) is 0. The molecule has 1 rings (SSSR count). The molecule has 0 unspecified atom stereocenters. The summed E-state index contributed by atoms with van der Waals surface area (Å²) in [6, 6.07) is 0. The summed E-state index contributed by atoms with van der Waals surface area (Å²) in [6.07, 6.45) is 0. The normalized spacial score (nSPS) is 12.1. The molecule has 4 heteroatoms. The van der Waals surface area contributed by atoms with E-state index in [0.29, 0.717) is 4.47 Å². The summed E-state index contributed by atoms with van der Waals surface area (Å²) in [6.45, 7) is 6.10. The van der Waals surface area contributed by atoms with Crippen molar-refractivity contribution in [2.75, 3.05) is 0 Å². The van der Waals surface area contributed by atoms with E-state index in [-0.39, 0.29) is 5.41 Å². The largest absolute Gasteiger partial charge is 0.238 e. The standard InChI is InChI=1S/C7H9BrFNS/c1-7(2,3)5-4(8)6(9)10-11-5/h1-3H3. The van der Waals surface area contributed by atoms with Crippen LogP contribution >= 0.6 is 27.5 Å². The molecule has 1 heterocycles. The second kappa shape index (κ2) is 2.83. The van der Waals surface area contributed by atoms with Gasteiger partial charge in [-0.2, -0.15) is 8.76 Å². The number of aromatic nitrogens is 1. The first-order chi connectivity index (χ1) is 4.93. The lowest BCUT2D eigenvalue weighted by atomic mass is 9.95. The summed E-state index contributed by atoms with van der Waals surface area (Å²) in [7, 11) is 0. The molecule has 0 aliphatic carbocycles. The quantitative estimate of drug-likeness (QED) is 0.675. The van der Waals surface area contributed by atoms with Crippen LogP contribution in [-0.4, -0.2) is 4.37 Å². The molecule has 0 bridgehead atoms. The van der Waals surface area contributed by atoms with Crippen molar-refractivity contribution in [2.45, 2.75) is 26.2 Å². The maximum absolute atomic E-state index is 12.7. The molecule has 0 fully saturated rings. The van der Waals surface area contributed by atoms with E-state index in [2.05, 4.69) is 20.3 Å². The molecule has 1 nitrogen and oxygen atoms in total. The Bertz CT molecular complexity index is 264. The molecule has 0 atom stereocenters. The fraction of sp³-hybridized carbons (Fsp3) is 0.571. The van der Waals surface area contributed by atoms with Crippen molar-refractivity contribution in [1.82, 2.24) is 4.37 Å². The van der Waals surface area contributed by atoms with Gasteiger partial charge in [-0.3, -0.25) is 0 Å². The summed E-state index contributed by atoms with van der Waals surface area (Å²) in [4.78, 5) is 0.954. The predicted octanol–water partition coefficient (Wildman–Crippen LogP) is 3.34. The van der Waals surface area contributed by atoms with Gasteiger partial charge in [0.25, 0.3) is 0 Å². The highest BCUT2D eigenvalue weighted by molar-refractivity contribution is 9.10. The van der Waals surface area contributed by atoms with Crippen LogP contribution in [0.2, 0.25) is 0 Å². The Morgan fingerprint density at radius 1 is 1.45 bits per heavy atom. The molecule has 62 valence electrons. The van der Waals surface area contributed by atoms with Crippen LogP contribution in [0.3, 0.4) is 0 Å². The molecular formula is C7H9BrFNS. The molecular weight excluding hydrogens is 229 g/mol. The molecule has 1 aromatic heterocycles. The fourth-order valence-electron chi connectivity index (χ4n) is 0.726. The third-order valence-electron chi connectivity index (χ3n) is 1.28. The number of hydrogen-bond acceptors (Lipinski definition) is 2. The van der Waals surface area contributed by atoms with Crippen LogP contribution in [0.1, 0.15) is 25.6 Å². The van der Waals surface area contributed by atoms with Crippen LogP contribution in [0.25, 0.3) is 0 Å². The van der Waals surface area contributed by atoms with Crippen LogP contribution < -0.4 is 0 Å². The second-order valence-electron chi connectivity index (χ2n) is 3.37. The molecule has 0 saturated carbocycles. The summed E-state index contributed by atoms with van der Waals surface area (Å²) in [5.74, 6) is -0.403. The molecule has 0 aliphatic heterocycles. The molecule has 0 aromatic carbocycles. The Morgan fingerprint density at radius 3 is 2.18 bits per heavy atom. The van der Waals surface area contributed by atoms with E-state index in [1.807, 2.05) is 20.8 Å². The molecule has 0 spiro atoms. The van der Waals surface area contributed by atoms with Crippen molar-refractivity contribution in [3.8, 4) is 0 Å². The lowest BCUT2D eigenvalue weighted by Crippen LogP contribution is -2.09. The third kappa shape index (κ3) is 1.79. The summed E-state index contributed by atoms with van der Waals surface area (Å²) >= 11 is 4.37. The highest BCUT2D eigenvalue weighted by Gasteiger charge is 2.22. The molecule has 0 N–H and O–H groups in total. The first-order valence-electron chi connectivity index (χ1n) is 3.24. The van der Waals surface area contributed by atoms with Gasteiger partial charge in [-0.05, 0) is 32.9 Å². The van der Waals surface area contributed by atoms with Gasteiger partial charge >= 0.3 is 0 Å². The summed E-state index contributed by atoms with van der Waals surface area (Å²) in [5.41, 5.74) is -0.0269. The molecule has 0 saturated heterocycles. The Balaban J connectivity index is 3.15. The average molecular weight is 238 g/mol. The van der Waals surface area contributed by atoms with E-state index in [0.717, 1.165) is 4.88 Å². The lowest BCUT2D eigenvalue weighted by Gasteiger charge is -2.15. The van der Waals surface area contributed by atoms with Crippen LogP contribution in [0.15, 0.2) is 4.47 Å². The Morgan fingerprint density at radius 2 is 2.00 bits per heavy atom. The maximum Gasteiger partial charge on any atom is 0.238 e. The van der Waals surface area contributed by atoms with Gasteiger partial charge in [0, 0.05) is 4.88 Å². The Kier molecular flexibility index (Phi) is 2.35. The second-order valence-corrected chi connectivity index (χ2v) is 4.93. The molecule has 0 radical (unpaired) electrons. The van der Waals surface area contributed by atoms with E-state index in [9.17, 15) is 4.39 Å². The fourth-order valence-corrected chi connectivity index (χ4v) is 2.44. The zero-order chi connectivity index (χ0) is 8.65. The van der Waals surface area contributed by atoms with Gasteiger partial charge in [0.15, 0.2) is 0 Å². The van der Waals surface area contributed by atoms with Gasteiger partial charge in [-0.15, -0.1) is 0 Å². The smallest absolute Gasteiger partial charge is 0.183 e. The SMILES string of the molecule is CC(C)(C)c1snc(F)c1Br. The lowest BCUT2D eigenvalue weighted by molar-refractivity contribution is 0.570. The predicted molar refractivity (Wildman–Crippen MR) is 48.5 cm³/mol. The van der Waals surface area contributed by atoms with Crippen molar-refractivity contribution in [1.29, 1.82) is 0 Å². The van der Waals surface area contributed by atoms with Crippen molar-refractivity contribution in [2.24, 2.45) is 0 Å². The van der Waals surface area contributed by atoms with Gasteiger partial charge in [-0.25, -0.2) is 0 Å². The first kappa shape index (κ1) is 9.13. The van der Waals surface area contributed by atoms with Gasteiger partial charge < -0.3 is 0 Å². The van der Waals surface area contributed by atoms with E-state index in [4.69, 9.17) is 0 Å². The van der Waals surface area contributed by atoms with Crippen molar-refractivity contribution >= 4 is 27.5 Å². The maximum atomic E-state index is 12.7. The van der Waals surface area contributed by atoms with Gasteiger partial charge in [-0.1, -0.05) is 20.8 Å². The van der Waals surface area contributed by atoms with Crippen LogP contribution in [0.4, 0.5) is 4.39 Å². The van der Waals surface area contributed by atoms with Crippen molar-refractivity contribution in [3.05, 3.63) is 15.3 Å². The Labute approximate surface area is 77.9 Å². The van der Waals surface area contributed by atoms with Crippen LogP contribution in [-0.2, 0) is 5.41 Å². The van der Waals surface area contributed by atoms with Gasteiger partial charge in [0.2, 0.25) is 5.95 Å². The minimum absolute atomic E-state index is 0.0269. The topological polar surface area (TPSA) is 12.9 Å². The molecule has 0 aliphatic rings. The number of rotatable bonds is 0. The third-order valence-corrected chi connectivity index (χ3v) is 3.52. The number of halogens is 2. The molecule has 1 aromatic rings. The highest BCUT2D eigenvalue weighted by Crippen LogP contribution is 2.34. The molecule has 11 heavy (non-hydrogen) atoms. The minimum atomic E-state index is -0.403. The van der Waals surface area contributed by atoms with E-state index < -0.39 is 5.95 Å². The zero-order valence-electron chi connectivity index (χ0n) is 6.61. The van der Waals surface area contributed by atoms with Crippen molar-refractivity contribution < 1.29 is 4.39 Å². The highest BCUT2D eigenvalue weighted by atomic mass is 79.9. The average Bonchev–Trinajstić information content (AvgIpc) is 2.11. The van der Waals surface area contributed by atoms with E-state index in [1.165, 1.54) is 11.5 Å². The Hall–Kier alpha value is 0.0400. The van der Waals surface area contributed by atoms with Crippen molar-refractivity contribution in [3.63, 3.8) is 0 Å². The first-order valence-corrected chi connectivity index (χ1v) is 4.80. The molecule has 0 amide bonds. The number of nitrogens with zero attached hydrogens (tertiary/aromatic N) is 1. The summed E-state index contributed by atoms with van der Waals surface area (Å²) < 4.78 is 16.8. The van der Waals surface area contributed by atoms with Gasteiger partial charge in [0.1, 0.15) is 0 Å². The van der Waals surface area contributed by atoms with Crippen LogP contribution in [0.5, 0.6) is 0 Å². The zero-order valence-corrected chi connectivity index (χ0v) is 9.01. The monoisotopic (exact) mass is 237 g/mol. The number of hydrogen-bond donors (Lipinski definition) is 0. The van der Waals surface area contributed by atoms with Crippen LogP contribution in [0, 0.1) is 5.95 Å².